The fourth-order valence-electron chi connectivity index (χ4n) is 3.10. The maximum Gasteiger partial charge on any atom is 0.241 e. The average Bonchev–Trinajstić information content (AvgIpc) is 2.74. The Labute approximate surface area is 185 Å². The summed E-state index contributed by atoms with van der Waals surface area (Å²) in [4.78, 5) is 14.9. The van der Waals surface area contributed by atoms with Crippen molar-refractivity contribution in [2.24, 2.45) is 0 Å². The Kier molecular flexibility index (Phi) is 7.42. The van der Waals surface area contributed by atoms with E-state index in [1.807, 2.05) is 60.7 Å². The second kappa shape index (κ2) is 10.0. The van der Waals surface area contributed by atoms with Crippen molar-refractivity contribution in [3.05, 3.63) is 101 Å². The van der Waals surface area contributed by atoms with Crippen LogP contribution in [0.4, 0.5) is 0 Å². The molecule has 3 rings (SSSR count). The van der Waals surface area contributed by atoms with Gasteiger partial charge in [-0.05, 0) is 41.8 Å². The van der Waals surface area contributed by atoms with Gasteiger partial charge in [0.2, 0.25) is 15.9 Å². The molecule has 0 bridgehead atoms. The number of nitrogens with zero attached hydrogens (tertiary/aromatic N) is 1. The molecule has 1 N–H and O–H groups in total. The van der Waals surface area contributed by atoms with Crippen molar-refractivity contribution in [2.45, 2.75) is 23.9 Å². The van der Waals surface area contributed by atoms with Crippen molar-refractivity contribution in [3.63, 3.8) is 0 Å². The molecule has 0 saturated heterocycles. The first-order valence-corrected chi connectivity index (χ1v) is 11.7. The predicted molar refractivity (Wildman–Crippen MR) is 121 cm³/mol. The Morgan fingerprint density at radius 2 is 1.43 bits per heavy atom. The van der Waals surface area contributed by atoms with Gasteiger partial charge in [0.15, 0.2) is 0 Å². The maximum absolute atomic E-state index is 13.2. The van der Waals surface area contributed by atoms with E-state index in [1.165, 1.54) is 12.1 Å². The van der Waals surface area contributed by atoms with Crippen LogP contribution < -0.4 is 4.72 Å². The molecule has 0 spiro atoms. The Morgan fingerprint density at radius 1 is 0.900 bits per heavy atom. The molecule has 5 nitrogen and oxygen atoms in total. The molecule has 0 aliphatic rings. The molecule has 1 amide bonds. The fourth-order valence-corrected chi connectivity index (χ4v) is 4.55. The number of halogens is 1. The molecule has 1 unspecified atom stereocenters. The van der Waals surface area contributed by atoms with Crippen molar-refractivity contribution in [3.8, 4) is 0 Å². The lowest BCUT2D eigenvalue weighted by atomic mass is 10.1. The molecular weight excluding hydrogens is 464 g/mol. The summed E-state index contributed by atoms with van der Waals surface area (Å²) in [6.45, 7) is 0.394. The number of hydrogen-bond acceptors (Lipinski definition) is 3. The topological polar surface area (TPSA) is 66.5 Å². The highest BCUT2D eigenvalue weighted by Crippen LogP contribution is 2.16. The van der Waals surface area contributed by atoms with E-state index in [9.17, 15) is 13.2 Å². The molecule has 156 valence electrons. The molecule has 3 aromatic rings. The third kappa shape index (κ3) is 6.01. The molecule has 0 saturated carbocycles. The van der Waals surface area contributed by atoms with Crippen LogP contribution in [0.3, 0.4) is 0 Å². The van der Waals surface area contributed by atoms with Crippen LogP contribution >= 0.6 is 15.9 Å². The van der Waals surface area contributed by atoms with Gasteiger partial charge in [-0.2, -0.15) is 4.72 Å². The molecule has 1 atom stereocenters. The maximum atomic E-state index is 13.2. The van der Waals surface area contributed by atoms with Crippen molar-refractivity contribution >= 4 is 31.9 Å². The van der Waals surface area contributed by atoms with Gasteiger partial charge in [-0.1, -0.05) is 76.6 Å². The van der Waals surface area contributed by atoms with Gasteiger partial charge in [-0.15, -0.1) is 0 Å². The van der Waals surface area contributed by atoms with Gasteiger partial charge in [0, 0.05) is 18.1 Å². The number of rotatable bonds is 8. The number of hydrogen-bond donors (Lipinski definition) is 1. The van der Waals surface area contributed by atoms with Gasteiger partial charge in [-0.3, -0.25) is 4.79 Å². The predicted octanol–water partition coefficient (Wildman–Crippen LogP) is 4.00. The molecule has 0 aromatic heterocycles. The lowest BCUT2D eigenvalue weighted by Gasteiger charge is -2.25. The smallest absolute Gasteiger partial charge is 0.241 e. The van der Waals surface area contributed by atoms with Gasteiger partial charge < -0.3 is 4.90 Å². The first-order chi connectivity index (χ1) is 14.3. The Balaban J connectivity index is 1.84. The molecule has 0 heterocycles. The van der Waals surface area contributed by atoms with E-state index < -0.39 is 16.1 Å². The van der Waals surface area contributed by atoms with Crippen molar-refractivity contribution in [1.29, 1.82) is 0 Å². The second-order valence-electron chi connectivity index (χ2n) is 7.00. The SMILES string of the molecule is CN(Cc1ccccc1)C(=O)C(Cc1ccccc1)NS(=O)(=O)c1ccc(Br)cc1. The molecule has 3 aromatic carbocycles. The number of carbonyl (C=O) groups excluding carboxylic acids is 1. The summed E-state index contributed by atoms with van der Waals surface area (Å²) in [7, 11) is -2.18. The standard InChI is InChI=1S/C23H23BrN2O3S/c1-26(17-19-10-6-3-7-11-19)23(27)22(16-18-8-4-2-5-9-18)25-30(28,29)21-14-12-20(24)13-15-21/h2-15,22,25H,16-17H2,1H3. The third-order valence-corrected chi connectivity index (χ3v) is 6.66. The molecule has 0 fully saturated rings. The van der Waals surface area contributed by atoms with Crippen LogP contribution in [0.1, 0.15) is 11.1 Å². The van der Waals surface area contributed by atoms with Gasteiger partial charge >= 0.3 is 0 Å². The van der Waals surface area contributed by atoms with Crippen LogP contribution in [-0.2, 0) is 27.8 Å². The number of nitrogens with one attached hydrogen (secondary N) is 1. The van der Waals surface area contributed by atoms with E-state index in [2.05, 4.69) is 20.7 Å². The summed E-state index contributed by atoms with van der Waals surface area (Å²) in [6, 6.07) is 24.4. The second-order valence-corrected chi connectivity index (χ2v) is 9.63. The summed E-state index contributed by atoms with van der Waals surface area (Å²) in [5.41, 5.74) is 1.85. The summed E-state index contributed by atoms with van der Waals surface area (Å²) in [5, 5.41) is 0. The minimum Gasteiger partial charge on any atom is -0.340 e. The number of amides is 1. The number of carbonyl (C=O) groups is 1. The number of sulfonamides is 1. The van der Waals surface area contributed by atoms with Crippen LogP contribution in [0.2, 0.25) is 0 Å². The minimum absolute atomic E-state index is 0.113. The van der Waals surface area contributed by atoms with Crippen LogP contribution in [0.25, 0.3) is 0 Å². The van der Waals surface area contributed by atoms with E-state index in [4.69, 9.17) is 0 Å². The van der Waals surface area contributed by atoms with Crippen molar-refractivity contribution < 1.29 is 13.2 Å². The van der Waals surface area contributed by atoms with E-state index >= 15 is 0 Å². The highest BCUT2D eigenvalue weighted by Gasteiger charge is 2.28. The van der Waals surface area contributed by atoms with Crippen molar-refractivity contribution in [1.82, 2.24) is 9.62 Å². The quantitative estimate of drug-likeness (QED) is 0.523. The lowest BCUT2D eigenvalue weighted by Crippen LogP contribution is -2.48. The summed E-state index contributed by atoms with van der Waals surface area (Å²) >= 11 is 3.31. The van der Waals surface area contributed by atoms with Crippen molar-refractivity contribution in [2.75, 3.05) is 7.05 Å². The molecule has 0 aliphatic carbocycles. The fraction of sp³-hybridized carbons (Fsp3) is 0.174. The normalized spacial score (nSPS) is 12.3. The van der Waals surface area contributed by atoms with Gasteiger partial charge in [0.1, 0.15) is 6.04 Å². The Bertz CT molecular complexity index is 1070. The molecule has 30 heavy (non-hydrogen) atoms. The molecule has 7 heteroatoms. The number of benzene rings is 3. The first kappa shape index (κ1) is 22.2. The zero-order valence-electron chi connectivity index (χ0n) is 16.5. The molecule has 0 radical (unpaired) electrons. The van der Waals surface area contributed by atoms with E-state index in [0.29, 0.717) is 6.54 Å². The largest absolute Gasteiger partial charge is 0.340 e. The van der Waals surface area contributed by atoms with E-state index in [-0.39, 0.29) is 17.2 Å². The van der Waals surface area contributed by atoms with Gasteiger partial charge in [0.05, 0.1) is 4.90 Å². The van der Waals surface area contributed by atoms with Crippen LogP contribution in [0, 0.1) is 0 Å². The lowest BCUT2D eigenvalue weighted by molar-refractivity contribution is -0.132. The zero-order valence-corrected chi connectivity index (χ0v) is 18.9. The van der Waals surface area contributed by atoms with E-state index in [0.717, 1.165) is 15.6 Å². The first-order valence-electron chi connectivity index (χ1n) is 9.46. The van der Waals surface area contributed by atoms with Crippen LogP contribution in [0.5, 0.6) is 0 Å². The summed E-state index contributed by atoms with van der Waals surface area (Å²) < 4.78 is 29.3. The zero-order chi connectivity index (χ0) is 21.6. The molecule has 0 aliphatic heterocycles. The van der Waals surface area contributed by atoms with Gasteiger partial charge in [-0.25, -0.2) is 8.42 Å². The highest BCUT2D eigenvalue weighted by molar-refractivity contribution is 9.10. The van der Waals surface area contributed by atoms with Gasteiger partial charge in [0.25, 0.3) is 0 Å². The van der Waals surface area contributed by atoms with Crippen LogP contribution in [0.15, 0.2) is 94.3 Å². The number of likely N-dealkylation sites (N-methyl/N-ethyl adjacent to an activating group) is 1. The highest BCUT2D eigenvalue weighted by atomic mass is 79.9. The monoisotopic (exact) mass is 486 g/mol. The minimum atomic E-state index is -3.87. The molecular formula is C23H23BrN2O3S. The summed E-state index contributed by atoms with van der Waals surface area (Å²) in [5.74, 6) is -0.289. The third-order valence-electron chi connectivity index (χ3n) is 4.64. The average molecular weight is 487 g/mol. The Hall–Kier alpha value is -2.48. The summed E-state index contributed by atoms with van der Waals surface area (Å²) in [6.07, 6.45) is 0.258. The Morgan fingerprint density at radius 3 is 2.00 bits per heavy atom. The van der Waals surface area contributed by atoms with E-state index in [1.54, 1.807) is 24.1 Å². The van der Waals surface area contributed by atoms with Crippen LogP contribution in [-0.4, -0.2) is 32.3 Å².